The number of halogens is 1. The minimum Gasteiger partial charge on any atom is -0.465 e. The van der Waals surface area contributed by atoms with E-state index in [1.807, 2.05) is 30.3 Å². The third-order valence-electron chi connectivity index (χ3n) is 6.04. The first-order chi connectivity index (χ1) is 14.0. The first kappa shape index (κ1) is 21.9. The largest absolute Gasteiger partial charge is 0.465 e. The molecule has 0 aliphatic heterocycles. The molecule has 1 saturated carbocycles. The molecular formula is C25H31ClO3. The number of ether oxygens (including phenoxy) is 2. The summed E-state index contributed by atoms with van der Waals surface area (Å²) in [7, 11) is 1.40. The van der Waals surface area contributed by atoms with Crippen LogP contribution < -0.4 is 0 Å². The third-order valence-corrected chi connectivity index (χ3v) is 6.26. The zero-order valence-electron chi connectivity index (χ0n) is 17.5. The topological polar surface area (TPSA) is 35.5 Å². The highest BCUT2D eigenvalue weighted by Crippen LogP contribution is 2.43. The molecule has 1 aliphatic carbocycles. The third kappa shape index (κ3) is 6.32. The van der Waals surface area contributed by atoms with E-state index in [1.165, 1.54) is 39.2 Å². The maximum absolute atomic E-state index is 12.1. The van der Waals surface area contributed by atoms with Crippen molar-refractivity contribution in [1.29, 1.82) is 0 Å². The molecule has 1 atom stereocenters. The van der Waals surface area contributed by atoms with Gasteiger partial charge in [0.15, 0.2) is 0 Å². The number of carbonyl (C=O) groups excluding carboxylic acids is 1. The molecule has 0 spiro atoms. The molecule has 0 bridgehead atoms. The van der Waals surface area contributed by atoms with Crippen LogP contribution in [0, 0.1) is 5.41 Å². The van der Waals surface area contributed by atoms with E-state index < -0.39 is 0 Å². The molecule has 1 fully saturated rings. The quantitative estimate of drug-likeness (QED) is 0.446. The Balaban J connectivity index is 1.79. The molecule has 0 amide bonds. The van der Waals surface area contributed by atoms with Gasteiger partial charge in [-0.05, 0) is 54.0 Å². The maximum atomic E-state index is 12.1. The molecule has 156 valence electrons. The molecule has 1 aliphatic rings. The molecule has 0 aromatic heterocycles. The van der Waals surface area contributed by atoms with Gasteiger partial charge < -0.3 is 9.47 Å². The molecule has 2 aromatic carbocycles. The van der Waals surface area contributed by atoms with Gasteiger partial charge in [0.1, 0.15) is 0 Å². The van der Waals surface area contributed by atoms with E-state index in [4.69, 9.17) is 21.1 Å². The van der Waals surface area contributed by atoms with Gasteiger partial charge in [-0.15, -0.1) is 0 Å². The van der Waals surface area contributed by atoms with Crippen LogP contribution in [0.1, 0.15) is 72.9 Å². The van der Waals surface area contributed by atoms with Crippen LogP contribution in [0.5, 0.6) is 0 Å². The van der Waals surface area contributed by atoms with E-state index in [9.17, 15) is 4.79 Å². The lowest BCUT2D eigenvalue weighted by Gasteiger charge is -2.37. The predicted octanol–water partition coefficient (Wildman–Crippen LogP) is 6.79. The monoisotopic (exact) mass is 414 g/mol. The first-order valence-electron chi connectivity index (χ1n) is 10.5. The summed E-state index contributed by atoms with van der Waals surface area (Å²) in [5.74, 6) is -0.175. The Morgan fingerprint density at radius 2 is 1.83 bits per heavy atom. The lowest BCUT2D eigenvalue weighted by Crippen LogP contribution is -2.25. The van der Waals surface area contributed by atoms with Crippen molar-refractivity contribution in [3.05, 3.63) is 70.2 Å². The van der Waals surface area contributed by atoms with Crippen LogP contribution >= 0.6 is 11.6 Å². The second-order valence-electron chi connectivity index (χ2n) is 8.54. The van der Waals surface area contributed by atoms with E-state index in [1.54, 1.807) is 6.07 Å². The highest BCUT2D eigenvalue weighted by molar-refractivity contribution is 6.31. The Morgan fingerprint density at radius 1 is 1.10 bits per heavy atom. The number of methoxy groups -OCH3 is 1. The summed E-state index contributed by atoms with van der Waals surface area (Å²) in [5, 5.41) is 0.560. The molecule has 4 heteroatoms. The van der Waals surface area contributed by atoms with E-state index in [0.717, 1.165) is 17.5 Å². The smallest absolute Gasteiger partial charge is 0.337 e. The molecule has 0 saturated heterocycles. The summed E-state index contributed by atoms with van der Waals surface area (Å²) in [6.45, 7) is 3.58. The normalized spacial score (nSPS) is 16.9. The minimum atomic E-state index is -0.360. The fraction of sp³-hybridized carbons (Fsp3) is 0.480. The molecule has 0 radical (unpaired) electrons. The second-order valence-corrected chi connectivity index (χ2v) is 8.97. The predicted molar refractivity (Wildman–Crippen MR) is 117 cm³/mol. The Hall–Kier alpha value is -1.84. The van der Waals surface area contributed by atoms with Crippen molar-refractivity contribution in [1.82, 2.24) is 0 Å². The highest BCUT2D eigenvalue weighted by atomic mass is 35.5. The van der Waals surface area contributed by atoms with Crippen molar-refractivity contribution in [2.24, 2.45) is 5.41 Å². The van der Waals surface area contributed by atoms with Crippen LogP contribution in [0.3, 0.4) is 0 Å². The molecular weight excluding hydrogens is 384 g/mol. The van der Waals surface area contributed by atoms with Crippen LogP contribution in [-0.2, 0) is 16.1 Å². The van der Waals surface area contributed by atoms with E-state index >= 15 is 0 Å². The van der Waals surface area contributed by atoms with Gasteiger partial charge in [-0.25, -0.2) is 4.79 Å². The fourth-order valence-corrected chi connectivity index (χ4v) is 4.70. The van der Waals surface area contributed by atoms with Gasteiger partial charge in [-0.2, -0.15) is 0 Å². The average molecular weight is 415 g/mol. The molecule has 0 N–H and O–H groups in total. The van der Waals surface area contributed by atoms with Crippen molar-refractivity contribution in [3.8, 4) is 0 Å². The number of rotatable bonds is 8. The van der Waals surface area contributed by atoms with Gasteiger partial charge in [-0.3, -0.25) is 0 Å². The number of esters is 1. The van der Waals surface area contributed by atoms with Gasteiger partial charge in [0.2, 0.25) is 0 Å². The average Bonchev–Trinajstić information content (AvgIpc) is 2.73. The molecule has 1 unspecified atom stereocenters. The summed E-state index contributed by atoms with van der Waals surface area (Å²) < 4.78 is 11.0. The number of hydrogen-bond donors (Lipinski definition) is 0. The summed E-state index contributed by atoms with van der Waals surface area (Å²) in [6.07, 6.45) is 7.42. The van der Waals surface area contributed by atoms with Gasteiger partial charge in [0.25, 0.3) is 0 Å². The van der Waals surface area contributed by atoms with E-state index in [0.29, 0.717) is 29.2 Å². The maximum Gasteiger partial charge on any atom is 0.337 e. The van der Waals surface area contributed by atoms with Crippen molar-refractivity contribution in [3.63, 3.8) is 0 Å². The van der Waals surface area contributed by atoms with Gasteiger partial charge in [0, 0.05) is 10.9 Å². The fourth-order valence-electron chi connectivity index (χ4n) is 4.45. The summed E-state index contributed by atoms with van der Waals surface area (Å²) in [4.78, 5) is 12.1. The van der Waals surface area contributed by atoms with Crippen molar-refractivity contribution >= 4 is 17.6 Å². The summed E-state index contributed by atoms with van der Waals surface area (Å²) >= 11 is 6.35. The Morgan fingerprint density at radius 3 is 2.52 bits per heavy atom. The van der Waals surface area contributed by atoms with Gasteiger partial charge in [0.05, 0.1) is 25.9 Å². The van der Waals surface area contributed by atoms with Crippen molar-refractivity contribution in [2.75, 3.05) is 13.7 Å². The summed E-state index contributed by atoms with van der Waals surface area (Å²) in [6, 6.07) is 15.8. The van der Waals surface area contributed by atoms with Crippen LogP contribution in [-0.4, -0.2) is 19.7 Å². The number of benzene rings is 2. The Bertz CT molecular complexity index is 797. The lowest BCUT2D eigenvalue weighted by atomic mass is 9.69. The van der Waals surface area contributed by atoms with Crippen molar-refractivity contribution in [2.45, 2.75) is 58.0 Å². The SMILES string of the molecule is COC(=O)c1cc(Cl)cc(C(COCc2ccccc2)CC2(C)CCCCC2)c1. The highest BCUT2D eigenvalue weighted by Gasteiger charge is 2.31. The van der Waals surface area contributed by atoms with Crippen LogP contribution in [0.4, 0.5) is 0 Å². The molecule has 0 heterocycles. The zero-order valence-corrected chi connectivity index (χ0v) is 18.2. The molecule has 3 rings (SSSR count). The van der Waals surface area contributed by atoms with Crippen molar-refractivity contribution < 1.29 is 14.3 Å². The Kier molecular flexibility index (Phi) is 7.74. The van der Waals surface area contributed by atoms with Crippen LogP contribution in [0.2, 0.25) is 5.02 Å². The lowest BCUT2D eigenvalue weighted by molar-refractivity contribution is 0.0600. The second kappa shape index (κ2) is 10.3. The molecule has 3 nitrogen and oxygen atoms in total. The van der Waals surface area contributed by atoms with E-state index in [2.05, 4.69) is 19.1 Å². The number of carbonyl (C=O) groups is 1. The van der Waals surface area contributed by atoms with Gasteiger partial charge in [-0.1, -0.05) is 68.1 Å². The Labute approximate surface area is 179 Å². The standard InChI is InChI=1S/C25H31ClO3/c1-25(11-7-4-8-12-25)16-22(18-29-17-19-9-5-3-6-10-19)20-13-21(24(27)28-2)15-23(26)14-20/h3,5-6,9-10,13-15,22H,4,7-8,11-12,16-18H2,1-2H3. The summed E-state index contributed by atoms with van der Waals surface area (Å²) in [5.41, 5.74) is 3.01. The zero-order chi connectivity index (χ0) is 20.7. The van der Waals surface area contributed by atoms with Crippen LogP contribution in [0.15, 0.2) is 48.5 Å². The van der Waals surface area contributed by atoms with Gasteiger partial charge >= 0.3 is 5.97 Å². The van der Waals surface area contributed by atoms with Crippen LogP contribution in [0.25, 0.3) is 0 Å². The first-order valence-corrected chi connectivity index (χ1v) is 10.9. The minimum absolute atomic E-state index is 0.184. The number of hydrogen-bond acceptors (Lipinski definition) is 3. The molecule has 29 heavy (non-hydrogen) atoms. The van der Waals surface area contributed by atoms with E-state index in [-0.39, 0.29) is 11.9 Å². The molecule has 2 aromatic rings.